The minimum atomic E-state index is -0.550. The number of amides is 1. The number of hydrogen-bond acceptors (Lipinski definition) is 4. The minimum absolute atomic E-state index is 0.159. The molecule has 0 fully saturated rings. The standard InChI is InChI=1S/C13H15FN4O2/c1-20-3-2-18-8-12(7-16-18)17-13(19)9-4-10(14)6-11(15)5-9/h4-8H,2-3,15H2,1H3,(H,17,19). The van der Waals surface area contributed by atoms with Gasteiger partial charge < -0.3 is 15.8 Å². The summed E-state index contributed by atoms with van der Waals surface area (Å²) in [7, 11) is 1.60. The number of nitrogen functional groups attached to an aromatic ring is 1. The Kier molecular flexibility index (Phi) is 4.31. The predicted molar refractivity (Wildman–Crippen MR) is 72.9 cm³/mol. The lowest BCUT2D eigenvalue weighted by Gasteiger charge is -2.04. The molecule has 1 aromatic carbocycles. The van der Waals surface area contributed by atoms with Crippen molar-refractivity contribution < 1.29 is 13.9 Å². The maximum absolute atomic E-state index is 13.2. The van der Waals surface area contributed by atoms with E-state index in [0.717, 1.165) is 12.1 Å². The molecule has 0 aliphatic rings. The van der Waals surface area contributed by atoms with Crippen LogP contribution in [0, 0.1) is 5.82 Å². The number of methoxy groups -OCH3 is 1. The molecule has 106 valence electrons. The summed E-state index contributed by atoms with van der Waals surface area (Å²) in [6.45, 7) is 1.11. The monoisotopic (exact) mass is 278 g/mol. The second-order valence-electron chi connectivity index (χ2n) is 4.21. The van der Waals surface area contributed by atoms with E-state index in [-0.39, 0.29) is 11.3 Å². The Hall–Kier alpha value is -2.41. The van der Waals surface area contributed by atoms with Crippen molar-refractivity contribution in [2.45, 2.75) is 6.54 Å². The van der Waals surface area contributed by atoms with Crippen molar-refractivity contribution in [2.75, 3.05) is 24.8 Å². The molecule has 0 radical (unpaired) electrons. The number of nitrogens with zero attached hydrogens (tertiary/aromatic N) is 2. The molecule has 1 amide bonds. The number of aromatic nitrogens is 2. The van der Waals surface area contributed by atoms with Crippen molar-refractivity contribution in [3.8, 4) is 0 Å². The van der Waals surface area contributed by atoms with Crippen molar-refractivity contribution >= 4 is 17.3 Å². The van der Waals surface area contributed by atoms with E-state index in [1.807, 2.05) is 0 Å². The van der Waals surface area contributed by atoms with Crippen LogP contribution >= 0.6 is 0 Å². The molecule has 2 rings (SSSR count). The summed E-state index contributed by atoms with van der Waals surface area (Å²) < 4.78 is 19.7. The summed E-state index contributed by atoms with van der Waals surface area (Å²) in [5.41, 5.74) is 6.38. The number of nitrogens with two attached hydrogens (primary N) is 1. The first-order valence-corrected chi connectivity index (χ1v) is 5.97. The van der Waals surface area contributed by atoms with E-state index < -0.39 is 11.7 Å². The minimum Gasteiger partial charge on any atom is -0.399 e. The van der Waals surface area contributed by atoms with Gasteiger partial charge in [0.15, 0.2) is 0 Å². The van der Waals surface area contributed by atoms with Gasteiger partial charge >= 0.3 is 0 Å². The van der Waals surface area contributed by atoms with Crippen LogP contribution in [-0.2, 0) is 11.3 Å². The molecule has 0 bridgehead atoms. The van der Waals surface area contributed by atoms with Crippen LogP contribution in [-0.4, -0.2) is 29.4 Å². The highest BCUT2D eigenvalue weighted by molar-refractivity contribution is 6.04. The number of ether oxygens (including phenoxy) is 1. The maximum atomic E-state index is 13.2. The van der Waals surface area contributed by atoms with Gasteiger partial charge in [-0.1, -0.05) is 0 Å². The molecular formula is C13H15FN4O2. The van der Waals surface area contributed by atoms with E-state index in [1.165, 1.54) is 12.3 Å². The average Bonchev–Trinajstić information content (AvgIpc) is 2.82. The molecular weight excluding hydrogens is 263 g/mol. The Morgan fingerprint density at radius 3 is 3.00 bits per heavy atom. The first-order valence-electron chi connectivity index (χ1n) is 5.97. The summed E-state index contributed by atoms with van der Waals surface area (Å²) >= 11 is 0. The predicted octanol–water partition coefficient (Wildman–Crippen LogP) is 1.50. The lowest BCUT2D eigenvalue weighted by atomic mass is 10.2. The molecule has 2 aromatic rings. The van der Waals surface area contributed by atoms with Crippen molar-refractivity contribution in [2.24, 2.45) is 0 Å². The summed E-state index contributed by atoms with van der Waals surface area (Å²) in [5.74, 6) is -0.992. The average molecular weight is 278 g/mol. The van der Waals surface area contributed by atoms with Gasteiger partial charge in [-0.05, 0) is 18.2 Å². The van der Waals surface area contributed by atoms with Crippen molar-refractivity contribution in [1.29, 1.82) is 0 Å². The van der Waals surface area contributed by atoms with Crippen LogP contribution in [0.5, 0.6) is 0 Å². The summed E-state index contributed by atoms with van der Waals surface area (Å²) in [5, 5.41) is 6.68. The molecule has 0 aliphatic heterocycles. The molecule has 1 aromatic heterocycles. The van der Waals surface area contributed by atoms with Gasteiger partial charge in [0, 0.05) is 24.6 Å². The largest absolute Gasteiger partial charge is 0.399 e. The van der Waals surface area contributed by atoms with Crippen molar-refractivity contribution in [1.82, 2.24) is 9.78 Å². The van der Waals surface area contributed by atoms with Crippen molar-refractivity contribution in [3.63, 3.8) is 0 Å². The third kappa shape index (κ3) is 3.55. The Morgan fingerprint density at radius 2 is 2.30 bits per heavy atom. The van der Waals surface area contributed by atoms with E-state index in [0.29, 0.717) is 18.8 Å². The van der Waals surface area contributed by atoms with Gasteiger partial charge in [-0.2, -0.15) is 5.10 Å². The Labute approximate surface area is 115 Å². The quantitative estimate of drug-likeness (QED) is 0.812. The molecule has 0 atom stereocenters. The molecule has 0 unspecified atom stereocenters. The normalized spacial score (nSPS) is 10.5. The fraction of sp³-hybridized carbons (Fsp3) is 0.231. The highest BCUT2D eigenvalue weighted by Gasteiger charge is 2.09. The van der Waals surface area contributed by atoms with Crippen molar-refractivity contribution in [3.05, 3.63) is 42.0 Å². The summed E-state index contributed by atoms with van der Waals surface area (Å²) in [4.78, 5) is 11.9. The van der Waals surface area contributed by atoms with Crippen LogP contribution < -0.4 is 11.1 Å². The first-order chi connectivity index (χ1) is 9.58. The molecule has 0 aliphatic carbocycles. The lowest BCUT2D eigenvalue weighted by Crippen LogP contribution is -2.12. The van der Waals surface area contributed by atoms with Gasteiger partial charge in [0.1, 0.15) is 5.82 Å². The fourth-order valence-corrected chi connectivity index (χ4v) is 1.68. The number of rotatable bonds is 5. The second-order valence-corrected chi connectivity index (χ2v) is 4.21. The molecule has 0 saturated carbocycles. The van der Waals surface area contributed by atoms with E-state index in [9.17, 15) is 9.18 Å². The zero-order valence-corrected chi connectivity index (χ0v) is 11.0. The number of carbonyl (C=O) groups excluding carboxylic acids is 1. The smallest absolute Gasteiger partial charge is 0.255 e. The van der Waals surface area contributed by atoms with Gasteiger partial charge in [0.25, 0.3) is 5.91 Å². The summed E-state index contributed by atoms with van der Waals surface area (Å²) in [6.07, 6.45) is 3.18. The number of carbonyl (C=O) groups is 1. The van der Waals surface area contributed by atoms with Gasteiger partial charge in [-0.25, -0.2) is 4.39 Å². The number of halogens is 1. The molecule has 0 spiro atoms. The van der Waals surface area contributed by atoms with Gasteiger partial charge in [-0.3, -0.25) is 9.48 Å². The third-order valence-electron chi connectivity index (χ3n) is 2.60. The number of hydrogen-bond donors (Lipinski definition) is 2. The first kappa shape index (κ1) is 14.0. The third-order valence-corrected chi connectivity index (χ3v) is 2.60. The zero-order valence-electron chi connectivity index (χ0n) is 11.0. The Balaban J connectivity index is 2.05. The van der Waals surface area contributed by atoms with E-state index >= 15 is 0 Å². The summed E-state index contributed by atoms with van der Waals surface area (Å²) in [6, 6.07) is 3.69. The highest BCUT2D eigenvalue weighted by atomic mass is 19.1. The number of anilines is 2. The van der Waals surface area contributed by atoms with Gasteiger partial charge in [0.2, 0.25) is 0 Å². The number of nitrogens with one attached hydrogen (secondary N) is 1. The highest BCUT2D eigenvalue weighted by Crippen LogP contribution is 2.13. The topological polar surface area (TPSA) is 82.2 Å². The van der Waals surface area contributed by atoms with Crippen LogP contribution in [0.2, 0.25) is 0 Å². The zero-order chi connectivity index (χ0) is 14.5. The van der Waals surface area contributed by atoms with Crippen LogP contribution in [0.4, 0.5) is 15.8 Å². The van der Waals surface area contributed by atoms with Crippen LogP contribution in [0.1, 0.15) is 10.4 Å². The van der Waals surface area contributed by atoms with E-state index in [1.54, 1.807) is 18.0 Å². The van der Waals surface area contributed by atoms with Gasteiger partial charge in [0.05, 0.1) is 25.0 Å². The van der Waals surface area contributed by atoms with E-state index in [4.69, 9.17) is 10.5 Å². The van der Waals surface area contributed by atoms with E-state index in [2.05, 4.69) is 10.4 Å². The molecule has 3 N–H and O–H groups in total. The molecule has 1 heterocycles. The molecule has 0 saturated heterocycles. The number of benzene rings is 1. The molecule has 6 nitrogen and oxygen atoms in total. The lowest BCUT2D eigenvalue weighted by molar-refractivity contribution is 0.102. The van der Waals surface area contributed by atoms with Crippen LogP contribution in [0.25, 0.3) is 0 Å². The maximum Gasteiger partial charge on any atom is 0.255 e. The Bertz CT molecular complexity index is 592. The van der Waals surface area contributed by atoms with Crippen LogP contribution in [0.15, 0.2) is 30.6 Å². The molecule has 7 heteroatoms. The second kappa shape index (κ2) is 6.16. The Morgan fingerprint density at radius 1 is 1.50 bits per heavy atom. The SMILES string of the molecule is COCCn1cc(NC(=O)c2cc(N)cc(F)c2)cn1. The fourth-order valence-electron chi connectivity index (χ4n) is 1.68. The van der Waals surface area contributed by atoms with Crippen LogP contribution in [0.3, 0.4) is 0 Å². The molecule has 20 heavy (non-hydrogen) atoms. The van der Waals surface area contributed by atoms with Gasteiger partial charge in [-0.15, -0.1) is 0 Å².